The largest absolute Gasteiger partial charge is 0.450 e. The molecule has 0 fully saturated rings. The van der Waals surface area contributed by atoms with Crippen LogP contribution in [0.3, 0.4) is 0 Å². The van der Waals surface area contributed by atoms with Crippen molar-refractivity contribution < 1.29 is 4.42 Å². The highest BCUT2D eigenvalue weighted by Crippen LogP contribution is 2.44. The molecule has 0 saturated carbocycles. The van der Waals surface area contributed by atoms with Crippen LogP contribution in [0.25, 0.3) is 99.3 Å². The molecule has 0 N–H and O–H groups in total. The molecule has 7 aromatic carbocycles. The Balaban J connectivity index is 1.39. The van der Waals surface area contributed by atoms with Crippen molar-refractivity contribution in [3.63, 3.8) is 0 Å². The summed E-state index contributed by atoms with van der Waals surface area (Å²) >= 11 is 0. The molecule has 4 heterocycles. The summed E-state index contributed by atoms with van der Waals surface area (Å²) in [5.41, 5.74) is 8.71. The number of hydrogen-bond acceptors (Lipinski definition) is 3. The van der Waals surface area contributed by atoms with E-state index in [9.17, 15) is 0 Å². The fraction of sp³-hybridized carbons (Fsp3) is 0. The molecule has 0 spiro atoms. The highest BCUT2D eigenvalue weighted by atomic mass is 16.3. The van der Waals surface area contributed by atoms with Crippen LogP contribution in [0.15, 0.2) is 162 Å². The first-order valence-electron chi connectivity index (χ1n) is 16.5. The van der Waals surface area contributed by atoms with Crippen LogP contribution in [-0.2, 0) is 0 Å². The number of nitrogens with zero attached hydrogens (tertiary/aromatic N) is 4. The van der Waals surface area contributed by atoms with E-state index in [4.69, 9.17) is 14.4 Å². The van der Waals surface area contributed by atoms with Gasteiger partial charge in [-0.15, -0.1) is 0 Å². The molecule has 0 radical (unpaired) electrons. The van der Waals surface area contributed by atoms with Gasteiger partial charge in [-0.3, -0.25) is 4.57 Å². The third-order valence-corrected chi connectivity index (χ3v) is 9.91. The highest BCUT2D eigenvalue weighted by Gasteiger charge is 2.26. The fourth-order valence-electron chi connectivity index (χ4n) is 7.83. The lowest BCUT2D eigenvalue weighted by atomic mass is 10.1. The van der Waals surface area contributed by atoms with Crippen LogP contribution in [0.5, 0.6) is 0 Å². The summed E-state index contributed by atoms with van der Waals surface area (Å²) in [6.07, 6.45) is 0. The zero-order valence-corrected chi connectivity index (χ0v) is 26.2. The Morgan fingerprint density at radius 3 is 1.78 bits per heavy atom. The Morgan fingerprint density at radius 2 is 1.04 bits per heavy atom. The Morgan fingerprint density at radius 1 is 0.449 bits per heavy atom. The molecule has 0 unspecified atom stereocenters. The lowest BCUT2D eigenvalue weighted by Gasteiger charge is -2.13. The number of hydrogen-bond donors (Lipinski definition) is 0. The molecule has 0 aliphatic rings. The maximum Gasteiger partial charge on any atom is 0.197 e. The van der Waals surface area contributed by atoms with Crippen molar-refractivity contribution in [2.24, 2.45) is 0 Å². The van der Waals surface area contributed by atoms with E-state index in [1.807, 2.05) is 18.2 Å². The van der Waals surface area contributed by atoms with Crippen molar-refractivity contribution in [1.29, 1.82) is 0 Å². The van der Waals surface area contributed by atoms with E-state index in [1.165, 1.54) is 10.8 Å². The van der Waals surface area contributed by atoms with Gasteiger partial charge in [-0.05, 0) is 41.1 Å². The second kappa shape index (κ2) is 9.89. The zero-order valence-electron chi connectivity index (χ0n) is 26.2. The van der Waals surface area contributed by atoms with Crippen molar-refractivity contribution in [3.8, 4) is 22.9 Å². The van der Waals surface area contributed by atoms with Gasteiger partial charge in [0, 0.05) is 32.8 Å². The number of benzene rings is 7. The molecule has 0 aliphatic carbocycles. The third kappa shape index (κ3) is 3.64. The van der Waals surface area contributed by atoms with Gasteiger partial charge >= 0.3 is 0 Å². The van der Waals surface area contributed by atoms with E-state index in [0.717, 1.165) is 71.3 Å². The molecular formula is C44H26N4O. The van der Waals surface area contributed by atoms with Gasteiger partial charge in [-0.1, -0.05) is 127 Å². The lowest BCUT2D eigenvalue weighted by Crippen LogP contribution is -2.03. The molecule has 4 aromatic heterocycles. The summed E-state index contributed by atoms with van der Waals surface area (Å²) in [4.78, 5) is 10.7. The van der Waals surface area contributed by atoms with Crippen LogP contribution in [0.1, 0.15) is 0 Å². The normalized spacial score (nSPS) is 12.1. The summed E-state index contributed by atoms with van der Waals surface area (Å²) in [5, 5.41) is 7.93. The Kier molecular flexibility index (Phi) is 5.32. The molecule has 0 amide bonds. The van der Waals surface area contributed by atoms with Crippen molar-refractivity contribution >= 4 is 76.5 Å². The highest BCUT2D eigenvalue weighted by molar-refractivity contribution is 6.25. The molecule has 49 heavy (non-hydrogen) atoms. The van der Waals surface area contributed by atoms with Crippen LogP contribution in [-0.4, -0.2) is 19.1 Å². The molecule has 11 aromatic rings. The zero-order chi connectivity index (χ0) is 32.1. The summed E-state index contributed by atoms with van der Waals surface area (Å²) in [7, 11) is 0. The van der Waals surface area contributed by atoms with Gasteiger partial charge in [0.05, 0.1) is 27.5 Å². The molecule has 0 saturated heterocycles. The third-order valence-electron chi connectivity index (χ3n) is 9.91. The molecule has 0 bridgehead atoms. The minimum absolute atomic E-state index is 0.653. The van der Waals surface area contributed by atoms with Crippen molar-refractivity contribution in [2.45, 2.75) is 0 Å². The molecule has 0 atom stereocenters. The van der Waals surface area contributed by atoms with E-state index in [0.29, 0.717) is 17.2 Å². The number of rotatable bonds is 3. The minimum atomic E-state index is 0.653. The van der Waals surface area contributed by atoms with Crippen molar-refractivity contribution in [1.82, 2.24) is 19.1 Å². The van der Waals surface area contributed by atoms with Crippen molar-refractivity contribution in [2.75, 3.05) is 0 Å². The van der Waals surface area contributed by atoms with E-state index in [-0.39, 0.29) is 0 Å². The van der Waals surface area contributed by atoms with Gasteiger partial charge < -0.3 is 8.98 Å². The smallest absolute Gasteiger partial charge is 0.197 e. The van der Waals surface area contributed by atoms with Crippen LogP contribution >= 0.6 is 0 Å². The summed E-state index contributed by atoms with van der Waals surface area (Å²) < 4.78 is 11.5. The number of para-hydroxylation sites is 3. The summed E-state index contributed by atoms with van der Waals surface area (Å²) in [6.45, 7) is 0. The molecular weight excluding hydrogens is 601 g/mol. The van der Waals surface area contributed by atoms with Gasteiger partial charge in [0.1, 0.15) is 11.1 Å². The molecule has 228 valence electrons. The van der Waals surface area contributed by atoms with Gasteiger partial charge in [0.15, 0.2) is 17.2 Å². The van der Waals surface area contributed by atoms with Crippen LogP contribution < -0.4 is 0 Å². The Hall–Kier alpha value is -6.72. The van der Waals surface area contributed by atoms with Gasteiger partial charge in [-0.2, -0.15) is 0 Å². The molecule has 5 heteroatoms. The predicted octanol–water partition coefficient (Wildman–Crippen LogP) is 11.4. The topological polar surface area (TPSA) is 48.8 Å². The maximum atomic E-state index is 6.84. The van der Waals surface area contributed by atoms with E-state index in [1.54, 1.807) is 0 Å². The van der Waals surface area contributed by atoms with Crippen LogP contribution in [0.4, 0.5) is 0 Å². The van der Waals surface area contributed by atoms with E-state index >= 15 is 0 Å². The predicted molar refractivity (Wildman–Crippen MR) is 201 cm³/mol. The first kappa shape index (κ1) is 26.4. The molecule has 5 nitrogen and oxygen atoms in total. The number of fused-ring (bicyclic) bond motifs is 12. The SMILES string of the molecule is c1ccc(-c2nc(-n3c4ccccc4c4ccc5c6ccccc6n(-c6ccccc6)c5c43)c3oc4ccc5ccccc5c4c3n2)cc1. The van der Waals surface area contributed by atoms with Crippen molar-refractivity contribution in [3.05, 3.63) is 158 Å². The van der Waals surface area contributed by atoms with Crippen LogP contribution in [0, 0.1) is 0 Å². The van der Waals surface area contributed by atoms with Gasteiger partial charge in [0.2, 0.25) is 0 Å². The second-order valence-electron chi connectivity index (χ2n) is 12.6. The maximum absolute atomic E-state index is 6.84. The van der Waals surface area contributed by atoms with E-state index < -0.39 is 0 Å². The van der Waals surface area contributed by atoms with E-state index in [2.05, 4.69) is 149 Å². The van der Waals surface area contributed by atoms with Gasteiger partial charge in [0.25, 0.3) is 0 Å². The fourth-order valence-corrected chi connectivity index (χ4v) is 7.83. The average molecular weight is 627 g/mol. The summed E-state index contributed by atoms with van der Waals surface area (Å²) in [6, 6.07) is 55.3. The monoisotopic (exact) mass is 626 g/mol. The summed E-state index contributed by atoms with van der Waals surface area (Å²) in [5.74, 6) is 1.37. The first-order valence-corrected chi connectivity index (χ1v) is 16.5. The lowest BCUT2D eigenvalue weighted by molar-refractivity contribution is 0.662. The average Bonchev–Trinajstić information content (AvgIpc) is 3.83. The molecule has 0 aliphatic heterocycles. The Labute approximate surface area is 279 Å². The van der Waals surface area contributed by atoms with Gasteiger partial charge in [-0.25, -0.2) is 9.97 Å². The molecule has 11 rings (SSSR count). The van der Waals surface area contributed by atoms with Crippen LogP contribution in [0.2, 0.25) is 0 Å². The standard InChI is InChI=1S/C44H26N4O/c1-3-14-28(15-4-1)43-45-39-38-30-18-8-7-13-27(30)23-26-37(38)49-42(39)44(46-43)48-36-22-12-10-20-32(36)34-25-24-33-31-19-9-11-21-35(31)47(40(33)41(34)48)29-16-5-2-6-17-29/h1-26H. The minimum Gasteiger partial charge on any atom is -0.450 e. The quantitative estimate of drug-likeness (QED) is 0.196. The second-order valence-corrected chi connectivity index (χ2v) is 12.6. The number of furan rings is 1. The first-order chi connectivity index (χ1) is 24.3. The Bertz CT molecular complexity index is 3100. The number of aromatic nitrogens is 4.